The van der Waals surface area contributed by atoms with E-state index in [0.717, 1.165) is 25.7 Å². The van der Waals surface area contributed by atoms with Gasteiger partial charge in [0.25, 0.3) is 5.91 Å². The summed E-state index contributed by atoms with van der Waals surface area (Å²) in [4.78, 5) is 25.9. The molecule has 34 heavy (non-hydrogen) atoms. The van der Waals surface area contributed by atoms with Crippen molar-refractivity contribution >= 4 is 33.7 Å². The van der Waals surface area contributed by atoms with Crippen molar-refractivity contribution in [2.24, 2.45) is 0 Å². The molecule has 0 radical (unpaired) electrons. The van der Waals surface area contributed by atoms with E-state index in [0.29, 0.717) is 24.3 Å². The molecule has 1 aliphatic heterocycles. The van der Waals surface area contributed by atoms with Crippen molar-refractivity contribution in [3.8, 4) is 6.07 Å². The second-order valence-corrected chi connectivity index (χ2v) is 9.74. The lowest BCUT2D eigenvalue weighted by Crippen LogP contribution is -2.34. The molecule has 0 aliphatic carbocycles. The molecule has 1 amide bonds. The van der Waals surface area contributed by atoms with Crippen molar-refractivity contribution in [2.45, 2.75) is 30.6 Å². The molecule has 9 heteroatoms. The van der Waals surface area contributed by atoms with Crippen LogP contribution >= 0.6 is 0 Å². The maximum atomic E-state index is 12.8. The lowest BCUT2D eigenvalue weighted by Gasteiger charge is -2.19. The zero-order valence-corrected chi connectivity index (χ0v) is 19.6. The van der Waals surface area contributed by atoms with Crippen LogP contribution in [0.25, 0.3) is 6.08 Å². The monoisotopic (exact) mass is 481 g/mol. The van der Waals surface area contributed by atoms with Gasteiger partial charge in [-0.1, -0.05) is 43.2 Å². The number of esters is 1. The van der Waals surface area contributed by atoms with Crippen LogP contribution < -0.4 is 4.90 Å². The Balaban J connectivity index is 1.56. The molecule has 2 aromatic carbocycles. The Bertz CT molecular complexity index is 1150. The predicted octanol–water partition coefficient (Wildman–Crippen LogP) is 3.36. The molecular weight excluding hydrogens is 454 g/mol. The van der Waals surface area contributed by atoms with Gasteiger partial charge in [-0.05, 0) is 48.7 Å². The Morgan fingerprint density at radius 2 is 1.65 bits per heavy atom. The maximum Gasteiger partial charge on any atom is 0.331 e. The second kappa shape index (κ2) is 12.1. The fourth-order valence-corrected chi connectivity index (χ4v) is 5.12. The van der Waals surface area contributed by atoms with Crippen molar-refractivity contribution in [1.82, 2.24) is 4.31 Å². The topological polar surface area (TPSA) is 108 Å². The van der Waals surface area contributed by atoms with Crippen molar-refractivity contribution in [3.63, 3.8) is 0 Å². The van der Waals surface area contributed by atoms with E-state index in [2.05, 4.69) is 0 Å². The molecule has 0 aromatic heterocycles. The number of hydrogen-bond acceptors (Lipinski definition) is 6. The first-order valence-corrected chi connectivity index (χ1v) is 12.5. The van der Waals surface area contributed by atoms with Gasteiger partial charge in [-0.25, -0.2) is 13.2 Å². The number of nitriles is 1. The number of para-hydroxylation sites is 1. The van der Waals surface area contributed by atoms with Crippen LogP contribution in [0.2, 0.25) is 0 Å². The molecule has 0 N–H and O–H groups in total. The molecule has 178 valence electrons. The Hall–Kier alpha value is -3.48. The third kappa shape index (κ3) is 6.76. The highest BCUT2D eigenvalue weighted by atomic mass is 32.2. The van der Waals surface area contributed by atoms with E-state index in [1.807, 2.05) is 6.07 Å². The normalized spacial score (nSPS) is 14.8. The van der Waals surface area contributed by atoms with Crippen LogP contribution in [0, 0.1) is 11.3 Å². The summed E-state index contributed by atoms with van der Waals surface area (Å²) < 4.78 is 32.2. The molecule has 0 unspecified atom stereocenters. The summed E-state index contributed by atoms with van der Waals surface area (Å²) in [5.74, 6) is -1.24. The number of ether oxygens (including phenoxy) is 1. The number of nitrogens with zero attached hydrogens (tertiary/aromatic N) is 3. The largest absolute Gasteiger partial charge is 0.452 e. The quantitative estimate of drug-likeness (QED) is 0.325. The average Bonchev–Trinajstić information content (AvgIpc) is 3.16. The predicted molar refractivity (Wildman–Crippen MR) is 128 cm³/mol. The zero-order chi connectivity index (χ0) is 24.4. The fraction of sp³-hybridized carbons (Fsp3) is 0.320. The minimum absolute atomic E-state index is 0.164. The van der Waals surface area contributed by atoms with Crippen LogP contribution in [0.5, 0.6) is 0 Å². The molecule has 0 bridgehead atoms. The molecule has 3 rings (SSSR count). The molecule has 1 fully saturated rings. The lowest BCUT2D eigenvalue weighted by molar-refractivity contribution is -0.142. The molecule has 1 saturated heterocycles. The first kappa shape index (κ1) is 25.1. The van der Waals surface area contributed by atoms with Gasteiger partial charge < -0.3 is 4.74 Å². The number of benzene rings is 2. The van der Waals surface area contributed by atoms with Crippen LogP contribution in [-0.2, 0) is 24.3 Å². The molecule has 0 atom stereocenters. The van der Waals surface area contributed by atoms with E-state index in [1.54, 1.807) is 42.5 Å². The Labute approximate surface area is 200 Å². The van der Waals surface area contributed by atoms with Crippen molar-refractivity contribution in [1.29, 1.82) is 5.26 Å². The number of carbonyl (C=O) groups excluding carboxylic acids is 2. The highest BCUT2D eigenvalue weighted by molar-refractivity contribution is 7.89. The van der Waals surface area contributed by atoms with Gasteiger partial charge in [-0.3, -0.25) is 9.69 Å². The van der Waals surface area contributed by atoms with Gasteiger partial charge in [-0.15, -0.1) is 0 Å². The van der Waals surface area contributed by atoms with Crippen LogP contribution in [0.3, 0.4) is 0 Å². The Kier molecular flexibility index (Phi) is 8.96. The number of hydrogen-bond donors (Lipinski definition) is 0. The highest BCUT2D eigenvalue weighted by Crippen LogP contribution is 2.21. The first-order valence-electron chi connectivity index (χ1n) is 11.1. The van der Waals surface area contributed by atoms with Gasteiger partial charge >= 0.3 is 5.97 Å². The minimum atomic E-state index is -3.53. The molecule has 0 spiro atoms. The molecule has 1 heterocycles. The number of rotatable bonds is 8. The van der Waals surface area contributed by atoms with Crippen molar-refractivity contribution in [2.75, 3.05) is 31.1 Å². The van der Waals surface area contributed by atoms with Crippen LogP contribution in [0.4, 0.5) is 5.69 Å². The van der Waals surface area contributed by atoms with Crippen LogP contribution in [-0.4, -0.2) is 50.8 Å². The van der Waals surface area contributed by atoms with Crippen molar-refractivity contribution < 1.29 is 22.7 Å². The summed E-state index contributed by atoms with van der Waals surface area (Å²) in [6.45, 7) is 0.394. The number of anilines is 1. The lowest BCUT2D eigenvalue weighted by atomic mass is 10.2. The highest BCUT2D eigenvalue weighted by Gasteiger charge is 2.24. The van der Waals surface area contributed by atoms with E-state index in [4.69, 9.17) is 10.00 Å². The maximum absolute atomic E-state index is 12.8. The minimum Gasteiger partial charge on any atom is -0.452 e. The van der Waals surface area contributed by atoms with E-state index in [-0.39, 0.29) is 11.4 Å². The molecular formula is C25H27N3O5S. The zero-order valence-electron chi connectivity index (χ0n) is 18.8. The molecule has 1 aliphatic rings. The fourth-order valence-electron chi connectivity index (χ4n) is 3.61. The third-order valence-electron chi connectivity index (χ3n) is 5.43. The summed E-state index contributed by atoms with van der Waals surface area (Å²) in [7, 11) is -3.53. The Morgan fingerprint density at radius 1 is 1.00 bits per heavy atom. The van der Waals surface area contributed by atoms with Gasteiger partial charge in [-0.2, -0.15) is 9.57 Å². The number of carbonyl (C=O) groups is 2. The van der Waals surface area contributed by atoms with Gasteiger partial charge in [0.2, 0.25) is 10.0 Å². The smallest absolute Gasteiger partial charge is 0.331 e. The van der Waals surface area contributed by atoms with Gasteiger partial charge in [0.05, 0.1) is 11.0 Å². The van der Waals surface area contributed by atoms with Gasteiger partial charge in [0.15, 0.2) is 6.61 Å². The number of amides is 1. The standard InChI is InChI=1S/C25H27N3O5S/c26-16-19-28(22-8-4-3-5-9-22)24(29)20-33-25(30)15-12-21-10-13-23(14-11-21)34(31,32)27-17-6-1-2-7-18-27/h3-5,8-15H,1-2,6-7,17-20H2/b15-12+. The summed E-state index contributed by atoms with van der Waals surface area (Å²) in [6.07, 6.45) is 6.47. The molecule has 0 saturated carbocycles. The van der Waals surface area contributed by atoms with Crippen molar-refractivity contribution in [3.05, 3.63) is 66.2 Å². The summed E-state index contributed by atoms with van der Waals surface area (Å²) in [5.41, 5.74) is 1.16. The van der Waals surface area contributed by atoms with Crippen LogP contribution in [0.15, 0.2) is 65.6 Å². The van der Waals surface area contributed by atoms with Gasteiger partial charge in [0, 0.05) is 24.9 Å². The second-order valence-electron chi connectivity index (χ2n) is 7.80. The Morgan fingerprint density at radius 3 is 2.26 bits per heavy atom. The molecule has 8 nitrogen and oxygen atoms in total. The summed E-state index contributed by atoms with van der Waals surface area (Å²) in [5, 5.41) is 8.99. The molecule has 2 aromatic rings. The van der Waals surface area contributed by atoms with E-state index in [9.17, 15) is 18.0 Å². The van der Waals surface area contributed by atoms with E-state index in [1.165, 1.54) is 33.5 Å². The SMILES string of the molecule is N#CCN(C(=O)COC(=O)/C=C/c1ccc(S(=O)(=O)N2CCCCCC2)cc1)c1ccccc1. The first-order chi connectivity index (χ1) is 16.4. The van der Waals surface area contributed by atoms with E-state index < -0.39 is 28.5 Å². The summed E-state index contributed by atoms with van der Waals surface area (Å²) >= 11 is 0. The average molecular weight is 482 g/mol. The van der Waals surface area contributed by atoms with E-state index >= 15 is 0 Å². The van der Waals surface area contributed by atoms with Gasteiger partial charge in [0.1, 0.15) is 6.54 Å². The summed E-state index contributed by atoms with van der Waals surface area (Å²) in [6, 6.07) is 16.9. The third-order valence-corrected chi connectivity index (χ3v) is 7.34. The van der Waals surface area contributed by atoms with Crippen LogP contribution in [0.1, 0.15) is 31.2 Å². The number of sulfonamides is 1.